The standard InChI is InChI=1S/C12H15N5O3/c13-11-14-5-8-1-2-16(6-9(8)15-11)10(18)7-17-3-4-20-12(17)19/h5H,1-4,6-7H2,(H2,13,14,15). The van der Waals surface area contributed by atoms with Crippen molar-refractivity contribution < 1.29 is 14.3 Å². The van der Waals surface area contributed by atoms with Crippen molar-refractivity contribution in [2.24, 2.45) is 0 Å². The van der Waals surface area contributed by atoms with Crippen LogP contribution in [-0.2, 0) is 22.5 Å². The number of aromatic nitrogens is 2. The Hall–Kier alpha value is -2.38. The topological polar surface area (TPSA) is 102 Å². The van der Waals surface area contributed by atoms with Crippen molar-refractivity contribution in [3.05, 3.63) is 17.5 Å². The number of carbonyl (C=O) groups is 2. The lowest BCUT2D eigenvalue weighted by atomic mass is 10.1. The van der Waals surface area contributed by atoms with Crippen molar-refractivity contribution in [1.82, 2.24) is 19.8 Å². The van der Waals surface area contributed by atoms with Crippen LogP contribution in [0.4, 0.5) is 10.7 Å². The van der Waals surface area contributed by atoms with Crippen LogP contribution >= 0.6 is 0 Å². The Morgan fingerprint density at radius 1 is 1.45 bits per heavy atom. The number of hydrogen-bond donors (Lipinski definition) is 1. The molecule has 0 radical (unpaired) electrons. The zero-order valence-electron chi connectivity index (χ0n) is 10.9. The normalized spacial score (nSPS) is 17.9. The van der Waals surface area contributed by atoms with Gasteiger partial charge < -0.3 is 15.4 Å². The lowest BCUT2D eigenvalue weighted by Crippen LogP contribution is -2.43. The SMILES string of the molecule is Nc1ncc2c(n1)CN(C(=O)CN1CCOC1=O)CC2. The van der Waals surface area contributed by atoms with Crippen LogP contribution in [0.1, 0.15) is 11.3 Å². The van der Waals surface area contributed by atoms with Crippen LogP contribution in [0, 0.1) is 0 Å². The van der Waals surface area contributed by atoms with Crippen LogP contribution in [-0.4, -0.2) is 58.0 Å². The maximum absolute atomic E-state index is 12.2. The molecule has 1 fully saturated rings. The highest BCUT2D eigenvalue weighted by Crippen LogP contribution is 2.17. The Morgan fingerprint density at radius 2 is 2.30 bits per heavy atom. The highest BCUT2D eigenvalue weighted by atomic mass is 16.6. The molecule has 8 heteroatoms. The van der Waals surface area contributed by atoms with Crippen LogP contribution in [0.3, 0.4) is 0 Å². The van der Waals surface area contributed by atoms with Gasteiger partial charge in [0.25, 0.3) is 0 Å². The first-order valence-electron chi connectivity index (χ1n) is 6.43. The van der Waals surface area contributed by atoms with E-state index in [1.807, 2.05) is 0 Å². The molecule has 0 bridgehead atoms. The first kappa shape index (κ1) is 12.6. The fourth-order valence-electron chi connectivity index (χ4n) is 2.36. The Kier molecular flexibility index (Phi) is 3.13. The van der Waals surface area contributed by atoms with Crippen LogP contribution < -0.4 is 5.73 Å². The summed E-state index contributed by atoms with van der Waals surface area (Å²) >= 11 is 0. The number of nitrogen functional groups attached to an aromatic ring is 1. The zero-order chi connectivity index (χ0) is 14.1. The number of nitrogens with two attached hydrogens (primary N) is 1. The molecule has 8 nitrogen and oxygen atoms in total. The molecular formula is C12H15N5O3. The fourth-order valence-corrected chi connectivity index (χ4v) is 2.36. The minimum atomic E-state index is -0.428. The molecule has 0 aromatic carbocycles. The highest BCUT2D eigenvalue weighted by Gasteiger charge is 2.28. The van der Waals surface area contributed by atoms with Gasteiger partial charge in [-0.05, 0) is 12.0 Å². The van der Waals surface area contributed by atoms with Gasteiger partial charge in [0.15, 0.2) is 0 Å². The second kappa shape index (κ2) is 4.95. The molecule has 0 spiro atoms. The van der Waals surface area contributed by atoms with Crippen LogP contribution in [0.2, 0.25) is 0 Å². The third-order valence-corrected chi connectivity index (χ3v) is 3.49. The molecular weight excluding hydrogens is 262 g/mol. The van der Waals surface area contributed by atoms with Gasteiger partial charge in [-0.25, -0.2) is 14.8 Å². The van der Waals surface area contributed by atoms with Crippen molar-refractivity contribution in [2.45, 2.75) is 13.0 Å². The van der Waals surface area contributed by atoms with E-state index in [0.29, 0.717) is 32.7 Å². The van der Waals surface area contributed by atoms with Gasteiger partial charge in [0.1, 0.15) is 13.2 Å². The van der Waals surface area contributed by atoms with Gasteiger partial charge in [-0.2, -0.15) is 0 Å². The summed E-state index contributed by atoms with van der Waals surface area (Å²) in [6, 6.07) is 0. The highest BCUT2D eigenvalue weighted by molar-refractivity contribution is 5.83. The number of carbonyl (C=O) groups excluding carboxylic acids is 2. The Bertz CT molecular complexity index is 562. The van der Waals surface area contributed by atoms with Crippen molar-refractivity contribution >= 4 is 17.9 Å². The molecule has 2 N–H and O–H groups in total. The lowest BCUT2D eigenvalue weighted by molar-refractivity contribution is -0.132. The monoisotopic (exact) mass is 277 g/mol. The number of nitrogens with zero attached hydrogens (tertiary/aromatic N) is 4. The number of rotatable bonds is 2. The second-order valence-corrected chi connectivity index (χ2v) is 4.80. The quantitative estimate of drug-likeness (QED) is 0.774. The van der Waals surface area contributed by atoms with Crippen molar-refractivity contribution in [1.29, 1.82) is 0 Å². The first-order chi connectivity index (χ1) is 9.63. The molecule has 1 aromatic heterocycles. The summed E-state index contributed by atoms with van der Waals surface area (Å²) in [6.07, 6.45) is 1.98. The van der Waals surface area contributed by atoms with E-state index in [4.69, 9.17) is 10.5 Å². The number of fused-ring (bicyclic) bond motifs is 1. The molecule has 0 unspecified atom stereocenters. The molecule has 2 aliphatic rings. The van der Waals surface area contributed by atoms with Crippen molar-refractivity contribution in [3.8, 4) is 0 Å². The molecule has 2 amide bonds. The van der Waals surface area contributed by atoms with E-state index in [2.05, 4.69) is 9.97 Å². The van der Waals surface area contributed by atoms with Crippen LogP contribution in [0.25, 0.3) is 0 Å². The smallest absolute Gasteiger partial charge is 0.410 e. The minimum absolute atomic E-state index is 0.0503. The molecule has 0 aliphatic carbocycles. The number of anilines is 1. The third-order valence-electron chi connectivity index (χ3n) is 3.49. The summed E-state index contributed by atoms with van der Waals surface area (Å²) in [4.78, 5) is 34.7. The average Bonchev–Trinajstić information content (AvgIpc) is 2.83. The zero-order valence-corrected chi connectivity index (χ0v) is 10.9. The average molecular weight is 277 g/mol. The molecule has 2 aliphatic heterocycles. The Balaban J connectivity index is 1.67. The summed E-state index contributed by atoms with van der Waals surface area (Å²) in [5.74, 6) is 0.104. The van der Waals surface area contributed by atoms with Gasteiger partial charge >= 0.3 is 6.09 Å². The van der Waals surface area contributed by atoms with E-state index in [1.165, 1.54) is 4.90 Å². The molecule has 1 aromatic rings. The molecule has 106 valence electrons. The van der Waals surface area contributed by atoms with Gasteiger partial charge in [-0.15, -0.1) is 0 Å². The molecule has 3 heterocycles. The summed E-state index contributed by atoms with van der Waals surface area (Å²) in [5, 5.41) is 0. The van der Waals surface area contributed by atoms with Gasteiger partial charge in [0.2, 0.25) is 11.9 Å². The van der Waals surface area contributed by atoms with Gasteiger partial charge in [0, 0.05) is 12.7 Å². The Labute approximate surface area is 115 Å². The first-order valence-corrected chi connectivity index (χ1v) is 6.43. The third kappa shape index (κ3) is 2.36. The fraction of sp³-hybridized carbons (Fsp3) is 0.500. The van der Waals surface area contributed by atoms with E-state index >= 15 is 0 Å². The van der Waals surface area contributed by atoms with E-state index < -0.39 is 6.09 Å². The van der Waals surface area contributed by atoms with E-state index in [9.17, 15) is 9.59 Å². The van der Waals surface area contributed by atoms with Gasteiger partial charge in [0.05, 0.1) is 18.8 Å². The maximum Gasteiger partial charge on any atom is 0.410 e. The van der Waals surface area contributed by atoms with E-state index in [0.717, 1.165) is 11.3 Å². The van der Waals surface area contributed by atoms with E-state index in [1.54, 1.807) is 11.1 Å². The van der Waals surface area contributed by atoms with Gasteiger partial charge in [-0.3, -0.25) is 9.69 Å². The predicted octanol–water partition coefficient (Wildman–Crippen LogP) is -0.604. The number of cyclic esters (lactones) is 1. The van der Waals surface area contributed by atoms with E-state index in [-0.39, 0.29) is 18.4 Å². The summed E-state index contributed by atoms with van der Waals surface area (Å²) in [7, 11) is 0. The maximum atomic E-state index is 12.2. The van der Waals surface area contributed by atoms with Gasteiger partial charge in [-0.1, -0.05) is 0 Å². The molecule has 3 rings (SSSR count). The summed E-state index contributed by atoms with van der Waals surface area (Å²) < 4.78 is 4.80. The van der Waals surface area contributed by atoms with Crippen LogP contribution in [0.5, 0.6) is 0 Å². The lowest BCUT2D eigenvalue weighted by Gasteiger charge is -2.29. The van der Waals surface area contributed by atoms with Crippen molar-refractivity contribution in [3.63, 3.8) is 0 Å². The largest absolute Gasteiger partial charge is 0.448 e. The summed E-state index contributed by atoms with van der Waals surface area (Å²) in [6.45, 7) is 1.86. The van der Waals surface area contributed by atoms with Crippen molar-refractivity contribution in [2.75, 3.05) is 32.0 Å². The number of hydrogen-bond acceptors (Lipinski definition) is 6. The summed E-state index contributed by atoms with van der Waals surface area (Å²) in [5.41, 5.74) is 7.35. The minimum Gasteiger partial charge on any atom is -0.448 e. The Morgan fingerprint density at radius 3 is 3.05 bits per heavy atom. The number of ether oxygens (including phenoxy) is 1. The molecule has 0 atom stereocenters. The molecule has 0 saturated carbocycles. The number of amides is 2. The molecule has 1 saturated heterocycles. The second-order valence-electron chi connectivity index (χ2n) is 4.80. The molecule has 20 heavy (non-hydrogen) atoms. The predicted molar refractivity (Wildman–Crippen MR) is 68.5 cm³/mol. The van der Waals surface area contributed by atoms with Crippen LogP contribution in [0.15, 0.2) is 6.20 Å².